The van der Waals surface area contributed by atoms with Gasteiger partial charge in [0.2, 0.25) is 5.95 Å². The van der Waals surface area contributed by atoms with Gasteiger partial charge in [-0.25, -0.2) is 14.3 Å². The number of H-pyrrole nitrogens is 1. The number of anilines is 1. The maximum Gasteiger partial charge on any atom is 0.334 e. The van der Waals surface area contributed by atoms with Crippen molar-refractivity contribution in [3.05, 3.63) is 86.7 Å². The number of aromatic amines is 1. The van der Waals surface area contributed by atoms with Gasteiger partial charge in [-0.1, -0.05) is 24.3 Å². The summed E-state index contributed by atoms with van der Waals surface area (Å²) in [6.07, 6.45) is 2.06. The van der Waals surface area contributed by atoms with Crippen molar-refractivity contribution in [2.75, 3.05) is 11.9 Å². The van der Waals surface area contributed by atoms with Gasteiger partial charge in [-0.3, -0.25) is 9.78 Å². The van der Waals surface area contributed by atoms with E-state index in [4.69, 9.17) is 0 Å². The number of aromatic hydroxyl groups is 1. The molecule has 0 spiro atoms. The highest BCUT2D eigenvalue weighted by Gasteiger charge is 2.12. The molecule has 2 heterocycles. The van der Waals surface area contributed by atoms with Gasteiger partial charge in [-0.05, 0) is 48.7 Å². The lowest BCUT2D eigenvalue weighted by Gasteiger charge is -2.08. The molecule has 8 heteroatoms. The van der Waals surface area contributed by atoms with Gasteiger partial charge in [0.25, 0.3) is 5.56 Å². The lowest BCUT2D eigenvalue weighted by atomic mass is 10.1. The SMILES string of the molecule is Cc1cccc(-n2c(=O)[nH]c3nc(NCCc4cccc(O)c4)ncc3c2=O)c1. The molecule has 146 valence electrons. The van der Waals surface area contributed by atoms with Gasteiger partial charge >= 0.3 is 5.69 Å². The summed E-state index contributed by atoms with van der Waals surface area (Å²) < 4.78 is 1.08. The van der Waals surface area contributed by atoms with Gasteiger partial charge < -0.3 is 10.4 Å². The molecule has 0 radical (unpaired) electrons. The summed E-state index contributed by atoms with van der Waals surface area (Å²) in [5.41, 5.74) is 1.55. The summed E-state index contributed by atoms with van der Waals surface area (Å²) in [6.45, 7) is 2.42. The molecule has 0 amide bonds. The van der Waals surface area contributed by atoms with Crippen LogP contribution in [0.4, 0.5) is 5.95 Å². The largest absolute Gasteiger partial charge is 0.508 e. The van der Waals surface area contributed by atoms with Crippen LogP contribution in [0.25, 0.3) is 16.7 Å². The number of hydrogen-bond donors (Lipinski definition) is 3. The van der Waals surface area contributed by atoms with Gasteiger partial charge in [0, 0.05) is 12.7 Å². The molecule has 4 rings (SSSR count). The second-order valence-corrected chi connectivity index (χ2v) is 6.71. The van der Waals surface area contributed by atoms with Crippen LogP contribution in [-0.2, 0) is 6.42 Å². The minimum absolute atomic E-state index is 0.179. The number of nitrogens with one attached hydrogen (secondary N) is 2. The van der Waals surface area contributed by atoms with Crippen molar-refractivity contribution in [2.45, 2.75) is 13.3 Å². The van der Waals surface area contributed by atoms with Crippen LogP contribution in [0, 0.1) is 6.92 Å². The van der Waals surface area contributed by atoms with Gasteiger partial charge in [-0.15, -0.1) is 0 Å². The molecule has 0 aliphatic carbocycles. The first-order valence-electron chi connectivity index (χ1n) is 9.12. The molecule has 4 aromatic rings. The fourth-order valence-electron chi connectivity index (χ4n) is 3.12. The zero-order chi connectivity index (χ0) is 20.4. The molecule has 0 aliphatic rings. The highest BCUT2D eigenvalue weighted by Crippen LogP contribution is 2.12. The number of hydrogen-bond acceptors (Lipinski definition) is 6. The highest BCUT2D eigenvalue weighted by atomic mass is 16.3. The van der Waals surface area contributed by atoms with E-state index < -0.39 is 11.2 Å². The topological polar surface area (TPSA) is 113 Å². The Labute approximate surface area is 165 Å². The first-order chi connectivity index (χ1) is 14.0. The van der Waals surface area contributed by atoms with Gasteiger partial charge in [-0.2, -0.15) is 4.98 Å². The van der Waals surface area contributed by atoms with Crippen LogP contribution in [0.1, 0.15) is 11.1 Å². The fourth-order valence-corrected chi connectivity index (χ4v) is 3.12. The van der Waals surface area contributed by atoms with Gasteiger partial charge in [0.1, 0.15) is 11.1 Å². The zero-order valence-electron chi connectivity index (χ0n) is 15.7. The van der Waals surface area contributed by atoms with Crippen molar-refractivity contribution < 1.29 is 5.11 Å². The van der Waals surface area contributed by atoms with E-state index >= 15 is 0 Å². The summed E-state index contributed by atoms with van der Waals surface area (Å²) in [5.74, 6) is 0.521. The lowest BCUT2D eigenvalue weighted by molar-refractivity contribution is 0.474. The molecule has 0 saturated carbocycles. The summed E-state index contributed by atoms with van der Waals surface area (Å²) in [7, 11) is 0. The summed E-state index contributed by atoms with van der Waals surface area (Å²) >= 11 is 0. The quantitative estimate of drug-likeness (QED) is 0.482. The maximum absolute atomic E-state index is 12.8. The number of rotatable bonds is 5. The Morgan fingerprint density at radius 1 is 1.14 bits per heavy atom. The Morgan fingerprint density at radius 3 is 2.76 bits per heavy atom. The van der Waals surface area contributed by atoms with E-state index in [1.165, 1.54) is 6.20 Å². The van der Waals surface area contributed by atoms with Crippen LogP contribution >= 0.6 is 0 Å². The Hall–Kier alpha value is -3.94. The smallest absolute Gasteiger partial charge is 0.334 e. The predicted molar refractivity (Wildman–Crippen MR) is 111 cm³/mol. The molecule has 0 saturated heterocycles. The van der Waals surface area contributed by atoms with Crippen LogP contribution in [0.15, 0.2) is 64.3 Å². The van der Waals surface area contributed by atoms with Crippen molar-refractivity contribution >= 4 is 17.0 Å². The first kappa shape index (κ1) is 18.4. The lowest BCUT2D eigenvalue weighted by Crippen LogP contribution is -2.34. The van der Waals surface area contributed by atoms with Crippen LogP contribution in [0.2, 0.25) is 0 Å². The maximum atomic E-state index is 12.8. The molecule has 0 fully saturated rings. The molecule has 3 N–H and O–H groups in total. The summed E-state index contributed by atoms with van der Waals surface area (Å²) in [5, 5.41) is 12.8. The van der Waals surface area contributed by atoms with Crippen LogP contribution < -0.4 is 16.6 Å². The Bertz CT molecular complexity index is 1310. The van der Waals surface area contributed by atoms with E-state index in [1.54, 1.807) is 36.4 Å². The van der Waals surface area contributed by atoms with E-state index in [-0.39, 0.29) is 16.8 Å². The third-order valence-electron chi connectivity index (χ3n) is 4.52. The zero-order valence-corrected chi connectivity index (χ0v) is 15.7. The number of benzene rings is 2. The van der Waals surface area contributed by atoms with Crippen molar-refractivity contribution in [1.82, 2.24) is 19.5 Å². The van der Waals surface area contributed by atoms with E-state index in [2.05, 4.69) is 20.3 Å². The predicted octanol–water partition coefficient (Wildman–Crippen LogP) is 2.14. The molecule has 0 unspecified atom stereocenters. The minimum atomic E-state index is -0.558. The standard InChI is InChI=1S/C21H19N5O3/c1-13-4-2-6-15(10-13)26-19(28)17-12-23-20(24-18(17)25-21(26)29)22-9-8-14-5-3-7-16(27)11-14/h2-7,10-12,27H,8-9H2,1H3,(H2,22,23,24,25,29). The highest BCUT2D eigenvalue weighted by molar-refractivity contribution is 5.73. The molecular formula is C21H19N5O3. The van der Waals surface area contributed by atoms with E-state index in [0.29, 0.717) is 24.6 Å². The molecule has 29 heavy (non-hydrogen) atoms. The number of phenols is 1. The van der Waals surface area contributed by atoms with Crippen LogP contribution in [0.5, 0.6) is 5.75 Å². The first-order valence-corrected chi connectivity index (χ1v) is 9.12. The van der Waals surface area contributed by atoms with E-state index in [0.717, 1.165) is 15.7 Å². The summed E-state index contributed by atoms with van der Waals surface area (Å²) in [6, 6.07) is 14.1. The van der Waals surface area contributed by atoms with Gasteiger partial charge in [0.05, 0.1) is 5.69 Å². The van der Waals surface area contributed by atoms with Crippen molar-refractivity contribution in [1.29, 1.82) is 0 Å². The molecule has 0 bridgehead atoms. The van der Waals surface area contributed by atoms with Crippen molar-refractivity contribution in [2.24, 2.45) is 0 Å². The molecular weight excluding hydrogens is 370 g/mol. The average molecular weight is 389 g/mol. The van der Waals surface area contributed by atoms with E-state index in [1.807, 2.05) is 19.1 Å². The molecule has 2 aromatic heterocycles. The Kier molecular flexibility index (Phi) is 4.82. The average Bonchev–Trinajstić information content (AvgIpc) is 2.68. The van der Waals surface area contributed by atoms with Crippen molar-refractivity contribution in [3.8, 4) is 11.4 Å². The molecule has 8 nitrogen and oxygen atoms in total. The fraction of sp³-hybridized carbons (Fsp3) is 0.143. The second-order valence-electron chi connectivity index (χ2n) is 6.71. The second kappa shape index (κ2) is 7.59. The summed E-state index contributed by atoms with van der Waals surface area (Å²) in [4.78, 5) is 36.4. The number of phenolic OH excluding ortho intramolecular Hbond substituents is 1. The Morgan fingerprint density at radius 2 is 1.97 bits per heavy atom. The third-order valence-corrected chi connectivity index (χ3v) is 4.52. The molecule has 2 aromatic carbocycles. The van der Waals surface area contributed by atoms with Gasteiger partial charge in [0.15, 0.2) is 5.65 Å². The monoisotopic (exact) mass is 389 g/mol. The number of nitrogens with zero attached hydrogens (tertiary/aromatic N) is 3. The minimum Gasteiger partial charge on any atom is -0.508 e. The van der Waals surface area contributed by atoms with Crippen LogP contribution in [-0.4, -0.2) is 31.2 Å². The third kappa shape index (κ3) is 3.86. The van der Waals surface area contributed by atoms with E-state index in [9.17, 15) is 14.7 Å². The molecule has 0 aliphatic heterocycles. The number of aromatic nitrogens is 4. The van der Waals surface area contributed by atoms with Crippen LogP contribution in [0.3, 0.4) is 0 Å². The van der Waals surface area contributed by atoms with Crippen molar-refractivity contribution in [3.63, 3.8) is 0 Å². The normalized spacial score (nSPS) is 10.9. The molecule has 0 atom stereocenters. The number of aryl methyl sites for hydroxylation is 1. The number of fused-ring (bicyclic) bond motifs is 1. The Balaban J connectivity index is 1.61.